The molecule has 2 aromatic carbocycles. The van der Waals surface area contributed by atoms with Gasteiger partial charge in [0.2, 0.25) is 5.91 Å². The Balaban J connectivity index is 2.12. The summed E-state index contributed by atoms with van der Waals surface area (Å²) in [7, 11) is 1.58. The van der Waals surface area contributed by atoms with Crippen LogP contribution in [0.2, 0.25) is 5.02 Å². The maximum Gasteiger partial charge on any atom is 0.261 e. The zero-order valence-electron chi connectivity index (χ0n) is 17.0. The number of methoxy groups -OCH3 is 1. The van der Waals surface area contributed by atoms with Crippen LogP contribution in [0.3, 0.4) is 0 Å². The minimum atomic E-state index is -0.662. The van der Waals surface area contributed by atoms with Gasteiger partial charge in [0.1, 0.15) is 17.5 Å². The number of hydrogen-bond acceptors (Lipinski definition) is 4. The second-order valence-electron chi connectivity index (χ2n) is 6.54. The SMILES string of the molecule is CCCNC(=O)[C@@H](C)N(Cc1ccccc1Cl)C(=O)COc1ccc(OC)cc1. The van der Waals surface area contributed by atoms with Crippen LogP contribution >= 0.6 is 11.6 Å². The zero-order chi connectivity index (χ0) is 21.2. The van der Waals surface area contributed by atoms with Gasteiger partial charge < -0.3 is 19.7 Å². The molecule has 0 aliphatic heterocycles. The van der Waals surface area contributed by atoms with Crippen molar-refractivity contribution in [1.82, 2.24) is 10.2 Å². The predicted molar refractivity (Wildman–Crippen MR) is 113 cm³/mol. The Morgan fingerprint density at radius 2 is 1.76 bits per heavy atom. The van der Waals surface area contributed by atoms with Crippen molar-refractivity contribution in [3.05, 3.63) is 59.1 Å². The largest absolute Gasteiger partial charge is 0.497 e. The fraction of sp³-hybridized carbons (Fsp3) is 0.364. The Bertz CT molecular complexity index is 811. The number of carbonyl (C=O) groups is 2. The molecule has 0 heterocycles. The molecule has 0 saturated heterocycles. The first-order valence-electron chi connectivity index (χ1n) is 9.53. The number of hydrogen-bond donors (Lipinski definition) is 1. The smallest absolute Gasteiger partial charge is 0.261 e. The Hall–Kier alpha value is -2.73. The lowest BCUT2D eigenvalue weighted by Crippen LogP contribution is -2.49. The minimum absolute atomic E-state index is 0.192. The Morgan fingerprint density at radius 1 is 1.10 bits per heavy atom. The molecule has 0 aliphatic rings. The molecule has 0 radical (unpaired) electrons. The molecule has 0 aromatic heterocycles. The van der Waals surface area contributed by atoms with Crippen molar-refractivity contribution in [3.63, 3.8) is 0 Å². The average molecular weight is 419 g/mol. The summed E-state index contributed by atoms with van der Waals surface area (Å²) in [4.78, 5) is 26.9. The van der Waals surface area contributed by atoms with Gasteiger partial charge in [-0.05, 0) is 49.2 Å². The molecule has 0 saturated carbocycles. The van der Waals surface area contributed by atoms with E-state index in [1.165, 1.54) is 4.90 Å². The number of amides is 2. The number of nitrogens with one attached hydrogen (secondary N) is 1. The fourth-order valence-corrected chi connectivity index (χ4v) is 2.88. The topological polar surface area (TPSA) is 67.9 Å². The van der Waals surface area contributed by atoms with E-state index < -0.39 is 6.04 Å². The Labute approximate surface area is 176 Å². The van der Waals surface area contributed by atoms with Crippen molar-refractivity contribution in [3.8, 4) is 11.5 Å². The van der Waals surface area contributed by atoms with E-state index >= 15 is 0 Å². The summed E-state index contributed by atoms with van der Waals surface area (Å²) in [6, 6.07) is 13.6. The van der Waals surface area contributed by atoms with Crippen LogP contribution in [0.1, 0.15) is 25.8 Å². The van der Waals surface area contributed by atoms with Crippen LogP contribution in [0.5, 0.6) is 11.5 Å². The molecule has 156 valence electrons. The highest BCUT2D eigenvalue weighted by molar-refractivity contribution is 6.31. The summed E-state index contributed by atoms with van der Waals surface area (Å²) < 4.78 is 10.7. The second kappa shape index (κ2) is 11.3. The second-order valence-corrected chi connectivity index (χ2v) is 6.95. The number of nitrogens with zero attached hydrogens (tertiary/aromatic N) is 1. The van der Waals surface area contributed by atoms with Crippen molar-refractivity contribution < 1.29 is 19.1 Å². The van der Waals surface area contributed by atoms with Gasteiger partial charge in [0.15, 0.2) is 6.61 Å². The standard InChI is InChI=1S/C22H27ClN2O4/c1-4-13-24-22(27)16(2)25(14-17-7-5-6-8-20(17)23)21(26)15-29-19-11-9-18(28-3)10-12-19/h5-12,16H,4,13-15H2,1-3H3,(H,24,27)/t16-/m1/s1. The van der Waals surface area contributed by atoms with Gasteiger partial charge in [-0.2, -0.15) is 0 Å². The third kappa shape index (κ3) is 6.68. The predicted octanol–water partition coefficient (Wildman–Crippen LogP) is 3.67. The Morgan fingerprint density at radius 3 is 2.38 bits per heavy atom. The highest BCUT2D eigenvalue weighted by Crippen LogP contribution is 2.20. The van der Waals surface area contributed by atoms with Gasteiger partial charge in [-0.25, -0.2) is 0 Å². The van der Waals surface area contributed by atoms with Gasteiger partial charge in [-0.1, -0.05) is 36.7 Å². The molecule has 7 heteroatoms. The van der Waals surface area contributed by atoms with E-state index in [4.69, 9.17) is 21.1 Å². The van der Waals surface area contributed by atoms with Gasteiger partial charge in [-0.3, -0.25) is 9.59 Å². The van der Waals surface area contributed by atoms with Gasteiger partial charge in [0.05, 0.1) is 7.11 Å². The van der Waals surface area contributed by atoms with E-state index in [1.54, 1.807) is 44.4 Å². The van der Waals surface area contributed by atoms with E-state index in [0.717, 1.165) is 12.0 Å². The molecule has 1 atom stereocenters. The maximum absolute atomic E-state index is 12.9. The number of carbonyl (C=O) groups excluding carboxylic acids is 2. The first-order valence-corrected chi connectivity index (χ1v) is 9.91. The van der Waals surface area contributed by atoms with E-state index in [1.807, 2.05) is 25.1 Å². The summed E-state index contributed by atoms with van der Waals surface area (Å²) in [6.07, 6.45) is 0.817. The highest BCUT2D eigenvalue weighted by Gasteiger charge is 2.26. The van der Waals surface area contributed by atoms with Crippen LogP contribution in [0, 0.1) is 0 Å². The number of ether oxygens (including phenoxy) is 2. The molecule has 2 amide bonds. The van der Waals surface area contributed by atoms with Crippen LogP contribution in [-0.2, 0) is 16.1 Å². The molecule has 0 spiro atoms. The van der Waals surface area contributed by atoms with Crippen molar-refractivity contribution >= 4 is 23.4 Å². The molecule has 2 aromatic rings. The van der Waals surface area contributed by atoms with Gasteiger partial charge in [0.25, 0.3) is 5.91 Å². The molecule has 2 rings (SSSR count). The zero-order valence-corrected chi connectivity index (χ0v) is 17.7. The lowest BCUT2D eigenvalue weighted by molar-refractivity contribution is -0.142. The fourth-order valence-electron chi connectivity index (χ4n) is 2.69. The molecule has 1 N–H and O–H groups in total. The lowest BCUT2D eigenvalue weighted by atomic mass is 10.1. The number of halogens is 1. The first-order chi connectivity index (χ1) is 14.0. The normalized spacial score (nSPS) is 11.4. The van der Waals surface area contributed by atoms with Crippen LogP contribution in [0.4, 0.5) is 0 Å². The third-order valence-electron chi connectivity index (χ3n) is 4.44. The highest BCUT2D eigenvalue weighted by atomic mass is 35.5. The number of rotatable bonds is 10. The van der Waals surface area contributed by atoms with Crippen molar-refractivity contribution in [2.45, 2.75) is 32.9 Å². The average Bonchev–Trinajstić information content (AvgIpc) is 2.75. The summed E-state index contributed by atoms with van der Waals surface area (Å²) in [5, 5.41) is 3.38. The van der Waals surface area contributed by atoms with Crippen LogP contribution < -0.4 is 14.8 Å². The summed E-state index contributed by atoms with van der Waals surface area (Å²) in [5.74, 6) is 0.724. The molecular weight excluding hydrogens is 392 g/mol. The van der Waals surface area contributed by atoms with Gasteiger partial charge in [-0.15, -0.1) is 0 Å². The van der Waals surface area contributed by atoms with Crippen molar-refractivity contribution in [1.29, 1.82) is 0 Å². The van der Waals surface area contributed by atoms with Crippen LogP contribution in [0.25, 0.3) is 0 Å². The molecule has 29 heavy (non-hydrogen) atoms. The van der Waals surface area contributed by atoms with Crippen LogP contribution in [-0.4, -0.2) is 43.0 Å². The molecule has 0 bridgehead atoms. The Kier molecular flexibility index (Phi) is 8.80. The quantitative estimate of drug-likeness (QED) is 0.639. The minimum Gasteiger partial charge on any atom is -0.497 e. The van der Waals surface area contributed by atoms with Crippen molar-refractivity contribution in [2.75, 3.05) is 20.3 Å². The van der Waals surface area contributed by atoms with E-state index in [0.29, 0.717) is 23.1 Å². The first kappa shape index (κ1) is 22.6. The van der Waals surface area contributed by atoms with Gasteiger partial charge >= 0.3 is 0 Å². The number of benzene rings is 2. The van der Waals surface area contributed by atoms with E-state index in [9.17, 15) is 9.59 Å². The molecule has 0 unspecified atom stereocenters. The monoisotopic (exact) mass is 418 g/mol. The summed E-state index contributed by atoms with van der Waals surface area (Å²) in [6.45, 7) is 4.25. The maximum atomic E-state index is 12.9. The molecule has 6 nitrogen and oxygen atoms in total. The van der Waals surface area contributed by atoms with E-state index in [2.05, 4.69) is 5.32 Å². The van der Waals surface area contributed by atoms with Crippen molar-refractivity contribution in [2.24, 2.45) is 0 Å². The van der Waals surface area contributed by atoms with Crippen LogP contribution in [0.15, 0.2) is 48.5 Å². The van der Waals surface area contributed by atoms with E-state index in [-0.39, 0.29) is 25.0 Å². The lowest BCUT2D eigenvalue weighted by Gasteiger charge is -2.29. The van der Waals surface area contributed by atoms with Gasteiger partial charge in [0, 0.05) is 18.1 Å². The third-order valence-corrected chi connectivity index (χ3v) is 4.81. The molecule has 0 aliphatic carbocycles. The summed E-state index contributed by atoms with van der Waals surface area (Å²) in [5.41, 5.74) is 0.766. The molecular formula is C22H27ClN2O4. The molecule has 0 fully saturated rings. The summed E-state index contributed by atoms with van der Waals surface area (Å²) >= 11 is 6.26.